The molecule has 5 atom stereocenters. The monoisotopic (exact) mass is 392 g/mol. The lowest BCUT2D eigenvalue weighted by atomic mass is 10.0. The highest BCUT2D eigenvalue weighted by molar-refractivity contribution is 7.33. The van der Waals surface area contributed by atoms with E-state index in [1.165, 1.54) is 6.33 Å². The summed E-state index contributed by atoms with van der Waals surface area (Å²) in [5, 5.41) is 0. The number of fused-ring (bicyclic) bond motifs is 1. The van der Waals surface area contributed by atoms with E-state index >= 15 is 4.39 Å². The highest BCUT2D eigenvalue weighted by Crippen LogP contribution is 2.47. The fraction of sp³-hybridized carbons (Fsp3) is 0.615. The second-order valence-electron chi connectivity index (χ2n) is 5.57. The molecule has 1 aliphatic rings. The van der Waals surface area contributed by atoms with Crippen molar-refractivity contribution in [3.05, 3.63) is 6.33 Å². The number of imidazole rings is 1. The molecule has 13 heteroatoms. The Bertz CT molecular complexity index is 835. The first-order valence-corrected chi connectivity index (χ1v) is 8.68. The van der Waals surface area contributed by atoms with Gasteiger partial charge in [-0.2, -0.15) is 9.97 Å². The van der Waals surface area contributed by atoms with E-state index in [1.54, 1.807) is 6.92 Å². The van der Waals surface area contributed by atoms with Gasteiger partial charge < -0.3 is 15.2 Å². The Labute approximate surface area is 147 Å². The third-order valence-corrected chi connectivity index (χ3v) is 4.52. The summed E-state index contributed by atoms with van der Waals surface area (Å²) in [4.78, 5) is 12.0. The van der Waals surface area contributed by atoms with Crippen LogP contribution in [0.4, 0.5) is 14.7 Å². The predicted molar refractivity (Wildman–Crippen MR) is 84.9 cm³/mol. The largest absolute Gasteiger partial charge is 0.697 e. The lowest BCUT2D eigenvalue weighted by Crippen LogP contribution is -2.39. The van der Waals surface area contributed by atoms with E-state index in [0.29, 0.717) is 6.61 Å². The molecule has 1 saturated heterocycles. The van der Waals surface area contributed by atoms with E-state index < -0.39 is 32.6 Å². The van der Waals surface area contributed by atoms with Gasteiger partial charge in [-0.15, -0.1) is 9.05 Å². The number of hydrogen-bond acceptors (Lipinski definition) is 9. The van der Waals surface area contributed by atoms with Gasteiger partial charge in [0.25, 0.3) is 0 Å². The summed E-state index contributed by atoms with van der Waals surface area (Å²) in [6.45, 7) is 3.10. The second kappa shape index (κ2) is 6.95. The zero-order valence-electron chi connectivity index (χ0n) is 14.1. The second-order valence-corrected chi connectivity index (χ2v) is 6.59. The zero-order chi connectivity index (χ0) is 19.1. The Morgan fingerprint density at radius 2 is 2.23 bits per heavy atom. The van der Waals surface area contributed by atoms with E-state index in [9.17, 15) is 8.96 Å². The number of alkyl halides is 2. The molecule has 0 amide bonds. The Hall–Kier alpha value is -2.01. The first-order chi connectivity index (χ1) is 12.3. The van der Waals surface area contributed by atoms with Crippen molar-refractivity contribution in [2.45, 2.75) is 38.2 Å². The van der Waals surface area contributed by atoms with Crippen LogP contribution in [0.2, 0.25) is 0 Å². The van der Waals surface area contributed by atoms with Crippen LogP contribution in [0.5, 0.6) is 5.88 Å². The molecule has 1 fully saturated rings. The van der Waals surface area contributed by atoms with Crippen molar-refractivity contribution in [2.24, 2.45) is 0 Å². The van der Waals surface area contributed by atoms with Gasteiger partial charge in [0.15, 0.2) is 23.1 Å². The third-order valence-electron chi connectivity index (χ3n) is 3.83. The van der Waals surface area contributed by atoms with Crippen LogP contribution >= 0.6 is 8.25 Å². The van der Waals surface area contributed by atoms with Gasteiger partial charge in [-0.1, -0.05) is 0 Å². The predicted octanol–water partition coefficient (Wildman–Crippen LogP) is 2.05. The average molecular weight is 392 g/mol. The molecule has 3 rings (SSSR count). The van der Waals surface area contributed by atoms with Gasteiger partial charge in [-0.3, -0.25) is 4.57 Å². The van der Waals surface area contributed by atoms with Gasteiger partial charge in [-0.25, -0.2) is 13.8 Å². The van der Waals surface area contributed by atoms with Crippen LogP contribution in [0.15, 0.2) is 6.33 Å². The number of rotatable bonds is 6. The molecule has 26 heavy (non-hydrogen) atoms. The van der Waals surface area contributed by atoms with Crippen LogP contribution < -0.4 is 10.5 Å². The SMILES string of the molecule is CCOc1nc(N)nc2c1ncn2C1OC(F)C(O[P+](=O)OC)C1(C)F. The zero-order valence-corrected chi connectivity index (χ0v) is 15.0. The van der Waals surface area contributed by atoms with E-state index in [-0.39, 0.29) is 23.0 Å². The summed E-state index contributed by atoms with van der Waals surface area (Å²) in [7, 11) is -1.61. The maximum Gasteiger partial charge on any atom is 0.697 e. The number of nitrogens with zero attached hydrogens (tertiary/aromatic N) is 4. The molecule has 0 aliphatic carbocycles. The molecule has 2 N–H and O–H groups in total. The molecular weight excluding hydrogens is 375 g/mol. The van der Waals surface area contributed by atoms with E-state index in [4.69, 9.17) is 19.7 Å². The average Bonchev–Trinajstić information content (AvgIpc) is 3.08. The Balaban J connectivity index is 2.02. The minimum absolute atomic E-state index is 0.0961. The first kappa shape index (κ1) is 18.8. The maximum atomic E-state index is 15.3. The summed E-state index contributed by atoms with van der Waals surface area (Å²) in [6.07, 6.45) is -4.27. The van der Waals surface area contributed by atoms with Gasteiger partial charge in [0, 0.05) is 4.57 Å². The minimum atomic E-state index is -2.70. The molecule has 3 heterocycles. The van der Waals surface area contributed by atoms with Gasteiger partial charge >= 0.3 is 8.25 Å². The first-order valence-electron chi connectivity index (χ1n) is 7.59. The summed E-state index contributed by atoms with van der Waals surface area (Å²) < 4.78 is 61.7. The standard InChI is InChI=1S/C13H17F2N5O5P/c1-4-23-10-6-9(18-12(16)19-10)20(5-17-6)11-13(2,15)7(8(14)24-11)25-26(21)22-3/h5,7-8,11H,4H2,1-3H3,(H2,16,18,19)/q+1. The number of anilines is 1. The van der Waals surface area contributed by atoms with Crippen LogP contribution in [-0.4, -0.2) is 51.4 Å². The number of hydrogen-bond donors (Lipinski definition) is 1. The molecule has 2 aromatic heterocycles. The van der Waals surface area contributed by atoms with Crippen molar-refractivity contribution in [2.75, 3.05) is 19.5 Å². The highest BCUT2D eigenvalue weighted by atomic mass is 31.1. The van der Waals surface area contributed by atoms with Gasteiger partial charge in [0.1, 0.15) is 0 Å². The smallest absolute Gasteiger partial charge is 0.476 e. The Kier molecular flexibility index (Phi) is 5.02. The Morgan fingerprint density at radius 1 is 1.50 bits per heavy atom. The van der Waals surface area contributed by atoms with Crippen LogP contribution in [0.1, 0.15) is 20.1 Å². The lowest BCUT2D eigenvalue weighted by molar-refractivity contribution is -0.0914. The molecule has 0 radical (unpaired) electrons. The summed E-state index contributed by atoms with van der Waals surface area (Å²) in [6, 6.07) is 0. The number of halogens is 2. The van der Waals surface area contributed by atoms with E-state index in [1.807, 2.05) is 0 Å². The molecule has 1 aliphatic heterocycles. The minimum Gasteiger partial charge on any atom is -0.476 e. The Morgan fingerprint density at radius 3 is 2.88 bits per heavy atom. The molecule has 0 spiro atoms. The quantitative estimate of drug-likeness (QED) is 0.736. The van der Waals surface area contributed by atoms with Crippen molar-refractivity contribution in [3.8, 4) is 5.88 Å². The van der Waals surface area contributed by atoms with Crippen LogP contribution in [0, 0.1) is 0 Å². The van der Waals surface area contributed by atoms with Crippen LogP contribution in [-0.2, 0) is 18.3 Å². The number of nitrogen functional groups attached to an aromatic ring is 1. The van der Waals surface area contributed by atoms with Gasteiger partial charge in [-0.05, 0) is 13.8 Å². The number of ether oxygens (including phenoxy) is 2. The molecular formula is C13H17F2N5O5P+. The van der Waals surface area contributed by atoms with Crippen LogP contribution in [0.3, 0.4) is 0 Å². The van der Waals surface area contributed by atoms with E-state index in [2.05, 4.69) is 19.5 Å². The fourth-order valence-corrected chi connectivity index (χ4v) is 3.24. The topological polar surface area (TPSA) is 124 Å². The van der Waals surface area contributed by atoms with Crippen molar-refractivity contribution < 1.29 is 31.9 Å². The summed E-state index contributed by atoms with van der Waals surface area (Å²) in [5.41, 5.74) is 3.55. The maximum absolute atomic E-state index is 15.3. The molecule has 10 nitrogen and oxygen atoms in total. The number of aromatic nitrogens is 4. The molecule has 0 saturated carbocycles. The molecule has 2 aromatic rings. The van der Waals surface area contributed by atoms with Gasteiger partial charge in [0.05, 0.1) is 20.0 Å². The van der Waals surface area contributed by atoms with Crippen molar-refractivity contribution >= 4 is 25.4 Å². The van der Waals surface area contributed by atoms with Crippen molar-refractivity contribution in [1.82, 2.24) is 19.5 Å². The molecule has 0 bridgehead atoms. The summed E-state index contributed by atoms with van der Waals surface area (Å²) >= 11 is 0. The molecule has 5 unspecified atom stereocenters. The van der Waals surface area contributed by atoms with Crippen molar-refractivity contribution in [3.63, 3.8) is 0 Å². The highest BCUT2D eigenvalue weighted by Gasteiger charge is 2.61. The van der Waals surface area contributed by atoms with Gasteiger partial charge in [0.2, 0.25) is 24.3 Å². The normalized spacial score (nSPS) is 29.3. The summed E-state index contributed by atoms with van der Waals surface area (Å²) in [5.74, 6) is -0.0207. The molecule has 0 aromatic carbocycles. The third kappa shape index (κ3) is 3.09. The lowest BCUT2D eigenvalue weighted by Gasteiger charge is -2.23. The molecule has 142 valence electrons. The van der Waals surface area contributed by atoms with E-state index in [0.717, 1.165) is 18.6 Å². The fourth-order valence-electron chi connectivity index (χ4n) is 2.66. The van der Waals surface area contributed by atoms with Crippen molar-refractivity contribution in [1.29, 1.82) is 0 Å². The number of nitrogens with two attached hydrogens (primary N) is 1. The van der Waals surface area contributed by atoms with Crippen LogP contribution in [0.25, 0.3) is 11.2 Å².